The van der Waals surface area contributed by atoms with Gasteiger partial charge in [0.05, 0.1) is 11.7 Å². The van der Waals surface area contributed by atoms with Crippen molar-refractivity contribution in [3.63, 3.8) is 0 Å². The predicted octanol–water partition coefficient (Wildman–Crippen LogP) is 2.95. The number of H-pyrrole nitrogens is 1. The summed E-state index contributed by atoms with van der Waals surface area (Å²) in [4.78, 5) is 12.2. The van der Waals surface area contributed by atoms with Gasteiger partial charge >= 0.3 is 0 Å². The van der Waals surface area contributed by atoms with Crippen molar-refractivity contribution in [3.8, 4) is 11.1 Å². The van der Waals surface area contributed by atoms with Crippen molar-refractivity contribution < 1.29 is 9.90 Å². The van der Waals surface area contributed by atoms with Gasteiger partial charge in [0.1, 0.15) is 0 Å². The molecule has 0 bridgehead atoms. The Morgan fingerprint density at radius 2 is 1.65 bits per heavy atom. The second-order valence-electron chi connectivity index (χ2n) is 6.19. The number of nitrogens with zero attached hydrogens (tertiary/aromatic N) is 1. The van der Waals surface area contributed by atoms with Crippen LogP contribution in [0.2, 0.25) is 0 Å². The number of hydrogen-bond donors (Lipinski definition) is 3. The lowest BCUT2D eigenvalue weighted by atomic mass is 9.84. The maximum atomic E-state index is 12.2. The third-order valence-corrected chi connectivity index (χ3v) is 4.60. The number of benzene rings is 3. The minimum Gasteiger partial charge on any atom is -0.372 e. The zero-order valence-electron chi connectivity index (χ0n) is 13.9. The highest BCUT2D eigenvalue weighted by atomic mass is 16.3. The molecule has 0 saturated carbocycles. The van der Waals surface area contributed by atoms with Crippen molar-refractivity contribution >= 4 is 16.8 Å². The van der Waals surface area contributed by atoms with Gasteiger partial charge in [-0.25, -0.2) is 0 Å². The van der Waals surface area contributed by atoms with E-state index in [-0.39, 0.29) is 0 Å². The lowest BCUT2D eigenvalue weighted by molar-refractivity contribution is -0.133. The molecule has 0 aliphatic carbocycles. The van der Waals surface area contributed by atoms with E-state index in [2.05, 4.69) is 10.2 Å². The van der Waals surface area contributed by atoms with Crippen LogP contribution >= 0.6 is 0 Å². The molecule has 5 heteroatoms. The largest absolute Gasteiger partial charge is 0.372 e. The number of aromatic amines is 1. The molecule has 5 nitrogen and oxygen atoms in total. The number of carbonyl (C=O) groups excluding carboxylic acids is 1. The molecule has 0 aliphatic heterocycles. The van der Waals surface area contributed by atoms with Crippen LogP contribution in [0.3, 0.4) is 0 Å². The minimum atomic E-state index is -1.89. The van der Waals surface area contributed by atoms with Crippen LogP contribution in [-0.2, 0) is 10.4 Å². The summed E-state index contributed by atoms with van der Waals surface area (Å²) in [6.07, 6.45) is 1.76. The number of rotatable bonds is 4. The molecule has 1 aromatic heterocycles. The van der Waals surface area contributed by atoms with Gasteiger partial charge in [-0.3, -0.25) is 9.89 Å². The van der Waals surface area contributed by atoms with E-state index >= 15 is 0 Å². The summed E-state index contributed by atoms with van der Waals surface area (Å²) in [5.41, 5.74) is 7.34. The van der Waals surface area contributed by atoms with E-state index in [0.717, 1.165) is 22.0 Å². The maximum Gasteiger partial charge on any atom is 0.258 e. The first-order valence-corrected chi connectivity index (χ1v) is 8.21. The first-order valence-electron chi connectivity index (χ1n) is 8.21. The molecule has 1 heterocycles. The quantitative estimate of drug-likeness (QED) is 0.532. The number of nitrogens with one attached hydrogen (secondary N) is 1. The van der Waals surface area contributed by atoms with Crippen molar-refractivity contribution in [1.82, 2.24) is 10.2 Å². The number of primary amides is 1. The average molecular weight is 343 g/mol. The number of amides is 1. The average Bonchev–Trinajstić information content (AvgIpc) is 3.15. The van der Waals surface area contributed by atoms with Crippen molar-refractivity contribution in [1.29, 1.82) is 0 Å². The Morgan fingerprint density at radius 3 is 2.42 bits per heavy atom. The summed E-state index contributed by atoms with van der Waals surface area (Å²) in [7, 11) is 0. The second-order valence-corrected chi connectivity index (χ2v) is 6.19. The molecule has 1 atom stereocenters. The SMILES string of the molecule is NC(=O)C(O)(c1ccccc1)c1cccc(-c2ccc3[nH]ncc3c2)c1. The van der Waals surface area contributed by atoms with Crippen LogP contribution in [0.4, 0.5) is 0 Å². The van der Waals surface area contributed by atoms with Gasteiger partial charge in [-0.15, -0.1) is 0 Å². The lowest BCUT2D eigenvalue weighted by Crippen LogP contribution is -2.42. The molecule has 128 valence electrons. The van der Waals surface area contributed by atoms with Gasteiger partial charge in [-0.2, -0.15) is 5.10 Å². The number of nitrogens with two attached hydrogens (primary N) is 1. The molecule has 1 amide bonds. The molecular formula is C21H17N3O2. The van der Waals surface area contributed by atoms with Crippen molar-refractivity contribution in [3.05, 3.63) is 90.1 Å². The highest BCUT2D eigenvalue weighted by Gasteiger charge is 2.38. The molecule has 0 radical (unpaired) electrons. The lowest BCUT2D eigenvalue weighted by Gasteiger charge is -2.26. The Balaban J connectivity index is 1.84. The Kier molecular flexibility index (Phi) is 3.78. The second kappa shape index (κ2) is 6.13. The van der Waals surface area contributed by atoms with Crippen LogP contribution in [0.25, 0.3) is 22.0 Å². The van der Waals surface area contributed by atoms with Crippen LogP contribution in [0.1, 0.15) is 11.1 Å². The molecule has 0 fully saturated rings. The fourth-order valence-corrected chi connectivity index (χ4v) is 3.18. The monoisotopic (exact) mass is 343 g/mol. The Labute approximate surface area is 150 Å². The van der Waals surface area contributed by atoms with Crippen molar-refractivity contribution in [2.24, 2.45) is 5.73 Å². The van der Waals surface area contributed by atoms with E-state index < -0.39 is 11.5 Å². The summed E-state index contributed by atoms with van der Waals surface area (Å²) in [5.74, 6) is -0.814. The molecular weight excluding hydrogens is 326 g/mol. The highest BCUT2D eigenvalue weighted by Crippen LogP contribution is 2.32. The van der Waals surface area contributed by atoms with E-state index in [1.54, 1.807) is 48.7 Å². The smallest absolute Gasteiger partial charge is 0.258 e. The van der Waals surface area contributed by atoms with E-state index in [1.165, 1.54) is 0 Å². The molecule has 0 saturated heterocycles. The third-order valence-electron chi connectivity index (χ3n) is 4.60. The summed E-state index contributed by atoms with van der Waals surface area (Å²) in [5, 5.41) is 19.1. The zero-order valence-corrected chi connectivity index (χ0v) is 13.9. The van der Waals surface area contributed by atoms with Gasteiger partial charge in [0.25, 0.3) is 5.91 Å². The number of hydrogen-bond acceptors (Lipinski definition) is 3. The van der Waals surface area contributed by atoms with E-state index in [1.807, 2.05) is 30.3 Å². The molecule has 0 spiro atoms. The fraction of sp³-hybridized carbons (Fsp3) is 0.0476. The zero-order chi connectivity index (χ0) is 18.1. The molecule has 0 aliphatic rings. The molecule has 4 N–H and O–H groups in total. The normalized spacial score (nSPS) is 13.4. The van der Waals surface area contributed by atoms with Crippen LogP contribution < -0.4 is 5.73 Å². The molecule has 1 unspecified atom stereocenters. The number of aromatic nitrogens is 2. The predicted molar refractivity (Wildman–Crippen MR) is 100 cm³/mol. The topological polar surface area (TPSA) is 92.0 Å². The Hall–Kier alpha value is -3.44. The standard InChI is InChI=1S/C21H17N3O2/c22-20(25)21(26,17-6-2-1-3-7-17)18-8-4-5-14(12-18)15-9-10-19-16(11-15)13-23-24-19/h1-13,26H,(H2,22,25)(H,23,24). The molecule has 4 rings (SSSR count). The van der Waals surface area contributed by atoms with E-state index in [9.17, 15) is 9.90 Å². The number of carbonyl (C=O) groups is 1. The van der Waals surface area contributed by atoms with Crippen LogP contribution in [-0.4, -0.2) is 21.2 Å². The van der Waals surface area contributed by atoms with Crippen LogP contribution in [0, 0.1) is 0 Å². The minimum absolute atomic E-state index is 0.431. The van der Waals surface area contributed by atoms with E-state index in [0.29, 0.717) is 11.1 Å². The summed E-state index contributed by atoms with van der Waals surface area (Å²) >= 11 is 0. The first kappa shape index (κ1) is 16.1. The Bertz CT molecular complexity index is 1090. The van der Waals surface area contributed by atoms with Gasteiger partial charge in [0.2, 0.25) is 0 Å². The Morgan fingerprint density at radius 1 is 0.923 bits per heavy atom. The van der Waals surface area contributed by atoms with E-state index in [4.69, 9.17) is 5.73 Å². The van der Waals surface area contributed by atoms with Gasteiger partial charge < -0.3 is 10.8 Å². The summed E-state index contributed by atoms with van der Waals surface area (Å²) in [6, 6.07) is 21.9. The first-order chi connectivity index (χ1) is 12.6. The van der Waals surface area contributed by atoms with Crippen LogP contribution in [0.5, 0.6) is 0 Å². The fourth-order valence-electron chi connectivity index (χ4n) is 3.18. The van der Waals surface area contributed by atoms with Crippen molar-refractivity contribution in [2.75, 3.05) is 0 Å². The van der Waals surface area contributed by atoms with Crippen molar-refractivity contribution in [2.45, 2.75) is 5.60 Å². The molecule has 4 aromatic rings. The van der Waals surface area contributed by atoms with Gasteiger partial charge in [-0.1, -0.05) is 54.6 Å². The highest BCUT2D eigenvalue weighted by molar-refractivity contribution is 5.89. The maximum absolute atomic E-state index is 12.2. The number of fused-ring (bicyclic) bond motifs is 1. The molecule has 3 aromatic carbocycles. The van der Waals surface area contributed by atoms with Gasteiger partial charge in [-0.05, 0) is 40.5 Å². The number of aliphatic hydroxyl groups is 1. The van der Waals surface area contributed by atoms with Gasteiger partial charge in [0.15, 0.2) is 5.60 Å². The molecule has 26 heavy (non-hydrogen) atoms. The summed E-state index contributed by atoms with van der Waals surface area (Å²) < 4.78 is 0. The van der Waals surface area contributed by atoms with Gasteiger partial charge in [0, 0.05) is 5.39 Å². The van der Waals surface area contributed by atoms with Crippen LogP contribution in [0.15, 0.2) is 79.0 Å². The summed E-state index contributed by atoms with van der Waals surface area (Å²) in [6.45, 7) is 0. The third kappa shape index (κ3) is 2.55.